The number of fused-ring (bicyclic) bond motifs is 1. The highest BCUT2D eigenvalue weighted by atomic mass is 35.5. The molecule has 0 bridgehead atoms. The molecule has 0 radical (unpaired) electrons. The van der Waals surface area contributed by atoms with Crippen LogP contribution in [0.3, 0.4) is 0 Å². The van der Waals surface area contributed by atoms with Gasteiger partial charge in [-0.05, 0) is 62.2 Å². The van der Waals surface area contributed by atoms with Gasteiger partial charge in [0, 0.05) is 16.5 Å². The molecule has 0 saturated carbocycles. The highest BCUT2D eigenvalue weighted by Crippen LogP contribution is 2.38. The number of nitrogens with zero attached hydrogens (tertiary/aromatic N) is 3. The number of para-hydroxylation sites is 2. The second-order valence-corrected chi connectivity index (χ2v) is 10.8. The number of allylic oxidation sites excluding steroid dienone is 1. The summed E-state index contributed by atoms with van der Waals surface area (Å²) in [5.41, 5.74) is 3.65. The van der Waals surface area contributed by atoms with E-state index < -0.39 is 6.04 Å². The van der Waals surface area contributed by atoms with Crippen molar-refractivity contribution in [1.29, 1.82) is 0 Å². The number of rotatable bonds is 9. The predicted octanol–water partition coefficient (Wildman–Crippen LogP) is 6.95. The molecule has 40 heavy (non-hydrogen) atoms. The van der Waals surface area contributed by atoms with Gasteiger partial charge in [-0.3, -0.25) is 4.79 Å². The number of carbonyl (C=O) groups excluding carboxylic acids is 1. The van der Waals surface area contributed by atoms with E-state index in [1.807, 2.05) is 81.4 Å². The Balaban J connectivity index is 1.50. The molecule has 1 aliphatic heterocycles. The molecule has 1 unspecified atom stereocenters. The first kappa shape index (κ1) is 27.6. The van der Waals surface area contributed by atoms with E-state index in [1.165, 1.54) is 11.8 Å². The van der Waals surface area contributed by atoms with E-state index >= 15 is 0 Å². The molecule has 8 nitrogen and oxygen atoms in total. The first-order valence-electron chi connectivity index (χ1n) is 12.9. The summed E-state index contributed by atoms with van der Waals surface area (Å²) in [6, 6.07) is 22.2. The minimum atomic E-state index is -0.527. The van der Waals surface area contributed by atoms with Gasteiger partial charge >= 0.3 is 0 Å². The van der Waals surface area contributed by atoms with Crippen molar-refractivity contribution in [3.8, 4) is 11.5 Å². The lowest BCUT2D eigenvalue weighted by Gasteiger charge is -2.29. The molecule has 0 spiro atoms. The maximum absolute atomic E-state index is 13.8. The van der Waals surface area contributed by atoms with Crippen LogP contribution in [-0.4, -0.2) is 33.9 Å². The quantitative estimate of drug-likeness (QED) is 0.209. The van der Waals surface area contributed by atoms with Crippen molar-refractivity contribution in [3.63, 3.8) is 0 Å². The fraction of sp³-hybridized carbons (Fsp3) is 0.233. The summed E-state index contributed by atoms with van der Waals surface area (Å²) < 4.78 is 13.1. The zero-order valence-electron chi connectivity index (χ0n) is 22.6. The Kier molecular flexibility index (Phi) is 8.32. The largest absolute Gasteiger partial charge is 0.495 e. The maximum Gasteiger partial charge on any atom is 0.255 e. The maximum atomic E-state index is 13.8. The molecule has 2 heterocycles. The van der Waals surface area contributed by atoms with Crippen LogP contribution in [0.25, 0.3) is 0 Å². The second kappa shape index (κ2) is 12.1. The Hall–Kier alpha value is -3.95. The molecule has 0 fully saturated rings. The normalized spacial score (nSPS) is 14.5. The van der Waals surface area contributed by atoms with Gasteiger partial charge in [-0.25, -0.2) is 4.68 Å². The van der Waals surface area contributed by atoms with Gasteiger partial charge in [0.15, 0.2) is 0 Å². The van der Waals surface area contributed by atoms with Gasteiger partial charge in [-0.15, -0.1) is 5.10 Å². The standard InChI is InChI=1S/C30H30ClN5O3S/c1-18(2)39-22-15-13-20(14-16-22)27-26(28(37)33-24-11-7-8-12-25(24)38-4)19(3)32-29-34-30(35-36(27)29)40-17-21-9-5-6-10-23(21)31/h5-16,18,27H,17H2,1-4H3,(H,33,37)(H,32,34,35). The molecular formula is C30H30ClN5O3S. The van der Waals surface area contributed by atoms with Crippen LogP contribution in [0.2, 0.25) is 5.02 Å². The van der Waals surface area contributed by atoms with Gasteiger partial charge in [-0.1, -0.05) is 65.8 Å². The molecule has 4 aromatic rings. The average molecular weight is 576 g/mol. The van der Waals surface area contributed by atoms with Crippen molar-refractivity contribution in [3.05, 3.63) is 100 Å². The smallest absolute Gasteiger partial charge is 0.255 e. The number of hydrogen-bond donors (Lipinski definition) is 2. The lowest BCUT2D eigenvalue weighted by atomic mass is 9.95. The molecule has 0 aliphatic carbocycles. The van der Waals surface area contributed by atoms with Gasteiger partial charge in [0.1, 0.15) is 17.5 Å². The monoisotopic (exact) mass is 575 g/mol. The van der Waals surface area contributed by atoms with E-state index in [4.69, 9.17) is 31.2 Å². The number of thioether (sulfide) groups is 1. The number of ether oxygens (including phenoxy) is 2. The number of benzene rings is 3. The van der Waals surface area contributed by atoms with Gasteiger partial charge in [-0.2, -0.15) is 4.98 Å². The summed E-state index contributed by atoms with van der Waals surface area (Å²) in [4.78, 5) is 18.6. The van der Waals surface area contributed by atoms with Crippen molar-refractivity contribution < 1.29 is 14.3 Å². The summed E-state index contributed by atoms with van der Waals surface area (Å²) >= 11 is 7.84. The first-order valence-corrected chi connectivity index (χ1v) is 14.2. The lowest BCUT2D eigenvalue weighted by Crippen LogP contribution is -2.31. The number of carbonyl (C=O) groups is 1. The number of anilines is 2. The third kappa shape index (κ3) is 5.95. The topological polar surface area (TPSA) is 90.3 Å². The summed E-state index contributed by atoms with van der Waals surface area (Å²) in [5.74, 6) is 2.23. The van der Waals surface area contributed by atoms with E-state index in [1.54, 1.807) is 23.9 Å². The van der Waals surface area contributed by atoms with Gasteiger partial charge in [0.2, 0.25) is 11.1 Å². The molecule has 10 heteroatoms. The summed E-state index contributed by atoms with van der Waals surface area (Å²) in [6.07, 6.45) is 0.0497. The molecular weight excluding hydrogens is 546 g/mol. The Morgan fingerprint density at radius 2 is 1.82 bits per heavy atom. The minimum absolute atomic E-state index is 0.0497. The van der Waals surface area contributed by atoms with Crippen LogP contribution in [0.5, 0.6) is 11.5 Å². The SMILES string of the molecule is COc1ccccc1NC(=O)C1=C(C)Nc2nc(SCc3ccccc3Cl)nn2C1c1ccc(OC(C)C)cc1. The Labute approximate surface area is 242 Å². The summed E-state index contributed by atoms with van der Waals surface area (Å²) in [6.45, 7) is 5.84. The van der Waals surface area contributed by atoms with Crippen LogP contribution in [0.4, 0.5) is 11.6 Å². The van der Waals surface area contributed by atoms with Crippen LogP contribution < -0.4 is 20.1 Å². The zero-order valence-corrected chi connectivity index (χ0v) is 24.2. The van der Waals surface area contributed by atoms with E-state index in [0.29, 0.717) is 44.6 Å². The molecule has 0 saturated heterocycles. The summed E-state index contributed by atoms with van der Waals surface area (Å²) in [7, 11) is 1.57. The Morgan fingerprint density at radius 3 is 2.55 bits per heavy atom. The molecule has 1 amide bonds. The molecule has 5 rings (SSSR count). The number of halogens is 1. The van der Waals surface area contributed by atoms with Gasteiger partial charge < -0.3 is 20.1 Å². The van der Waals surface area contributed by atoms with Crippen LogP contribution >= 0.6 is 23.4 Å². The Bertz CT molecular complexity index is 1550. The number of nitrogens with one attached hydrogen (secondary N) is 2. The number of amides is 1. The van der Waals surface area contributed by atoms with E-state index in [-0.39, 0.29) is 12.0 Å². The number of hydrogen-bond acceptors (Lipinski definition) is 7. The second-order valence-electron chi connectivity index (χ2n) is 9.50. The highest BCUT2D eigenvalue weighted by Gasteiger charge is 2.34. The predicted molar refractivity (Wildman–Crippen MR) is 159 cm³/mol. The fourth-order valence-corrected chi connectivity index (χ4v) is 5.61. The van der Waals surface area contributed by atoms with Crippen molar-refractivity contribution in [2.24, 2.45) is 0 Å². The Morgan fingerprint density at radius 1 is 1.10 bits per heavy atom. The van der Waals surface area contributed by atoms with E-state index in [2.05, 4.69) is 10.6 Å². The number of methoxy groups -OCH3 is 1. The molecule has 1 aromatic heterocycles. The lowest BCUT2D eigenvalue weighted by molar-refractivity contribution is -0.113. The molecule has 3 aromatic carbocycles. The van der Waals surface area contributed by atoms with Crippen LogP contribution in [0, 0.1) is 0 Å². The van der Waals surface area contributed by atoms with Crippen LogP contribution in [0.15, 0.2) is 89.2 Å². The first-order chi connectivity index (χ1) is 19.3. The van der Waals surface area contributed by atoms with Crippen LogP contribution in [0.1, 0.15) is 37.9 Å². The van der Waals surface area contributed by atoms with Gasteiger partial charge in [0.05, 0.1) is 24.5 Å². The molecule has 1 atom stereocenters. The fourth-order valence-electron chi connectivity index (χ4n) is 4.49. The minimum Gasteiger partial charge on any atom is -0.495 e. The molecule has 1 aliphatic rings. The average Bonchev–Trinajstić information content (AvgIpc) is 3.34. The molecule has 2 N–H and O–H groups in total. The zero-order chi connectivity index (χ0) is 28.2. The van der Waals surface area contributed by atoms with Crippen molar-refractivity contribution in [2.75, 3.05) is 17.7 Å². The van der Waals surface area contributed by atoms with Gasteiger partial charge in [0.25, 0.3) is 5.91 Å². The third-order valence-corrected chi connectivity index (χ3v) is 7.57. The van der Waals surface area contributed by atoms with E-state index in [0.717, 1.165) is 16.9 Å². The highest BCUT2D eigenvalue weighted by molar-refractivity contribution is 7.98. The molecule has 206 valence electrons. The summed E-state index contributed by atoms with van der Waals surface area (Å²) in [5, 5.41) is 12.4. The van der Waals surface area contributed by atoms with Crippen LogP contribution in [-0.2, 0) is 10.5 Å². The van der Waals surface area contributed by atoms with E-state index in [9.17, 15) is 4.79 Å². The van der Waals surface area contributed by atoms with Crippen molar-refractivity contribution in [2.45, 2.75) is 43.8 Å². The van der Waals surface area contributed by atoms with Crippen molar-refractivity contribution in [1.82, 2.24) is 14.8 Å². The number of aromatic nitrogens is 3. The third-order valence-electron chi connectivity index (χ3n) is 6.32. The van der Waals surface area contributed by atoms with Crippen molar-refractivity contribution >= 4 is 40.9 Å².